The lowest BCUT2D eigenvalue weighted by Gasteiger charge is -2.29. The van der Waals surface area contributed by atoms with Crippen LogP contribution in [-0.4, -0.2) is 34.9 Å². The number of hydrogen-bond donors (Lipinski definition) is 0. The molecule has 21 heavy (non-hydrogen) atoms. The maximum absolute atomic E-state index is 8.97. The average Bonchev–Trinajstić information content (AvgIpc) is 3.04. The van der Waals surface area contributed by atoms with Gasteiger partial charge in [-0.05, 0) is 12.5 Å². The van der Waals surface area contributed by atoms with Crippen LogP contribution in [0.1, 0.15) is 23.7 Å². The van der Waals surface area contributed by atoms with Crippen LogP contribution in [0.15, 0.2) is 36.8 Å². The van der Waals surface area contributed by atoms with Crippen molar-refractivity contribution in [2.24, 2.45) is 0 Å². The Hall–Kier alpha value is -2.52. The van der Waals surface area contributed by atoms with Gasteiger partial charge in [0.05, 0.1) is 17.8 Å². The molecule has 0 amide bonds. The van der Waals surface area contributed by atoms with E-state index in [1.165, 1.54) is 6.20 Å². The van der Waals surface area contributed by atoms with E-state index >= 15 is 0 Å². The van der Waals surface area contributed by atoms with Gasteiger partial charge in [0.25, 0.3) is 0 Å². The second kappa shape index (κ2) is 5.85. The predicted molar refractivity (Wildman–Crippen MR) is 76.5 cm³/mol. The molecule has 0 bridgehead atoms. The van der Waals surface area contributed by atoms with E-state index in [4.69, 9.17) is 10.00 Å². The van der Waals surface area contributed by atoms with Gasteiger partial charge in [0.1, 0.15) is 12.2 Å². The molecule has 0 unspecified atom stereocenters. The molecule has 6 nitrogen and oxygen atoms in total. The molecule has 1 saturated heterocycles. The second-order valence-electron chi connectivity index (χ2n) is 4.96. The van der Waals surface area contributed by atoms with Gasteiger partial charge in [-0.3, -0.25) is 4.98 Å². The van der Waals surface area contributed by atoms with Crippen LogP contribution in [0.4, 0.5) is 5.82 Å². The van der Waals surface area contributed by atoms with Gasteiger partial charge in [0, 0.05) is 37.7 Å². The summed E-state index contributed by atoms with van der Waals surface area (Å²) in [6.45, 7) is 0.694. The van der Waals surface area contributed by atoms with Gasteiger partial charge in [-0.1, -0.05) is 6.07 Å². The summed E-state index contributed by atoms with van der Waals surface area (Å²) in [6, 6.07) is 7.90. The fraction of sp³-hybridized carbons (Fsp3) is 0.333. The number of pyridine rings is 1. The highest BCUT2D eigenvalue weighted by Gasteiger charge is 2.33. The van der Waals surface area contributed by atoms with Crippen molar-refractivity contribution < 1.29 is 4.74 Å². The molecular weight excluding hydrogens is 266 g/mol. The molecular formula is C15H15N5O. The first-order valence-corrected chi connectivity index (χ1v) is 6.77. The monoisotopic (exact) mass is 281 g/mol. The molecule has 0 aromatic carbocycles. The van der Waals surface area contributed by atoms with Crippen molar-refractivity contribution in [2.45, 2.75) is 18.6 Å². The topological polar surface area (TPSA) is 74.9 Å². The zero-order valence-electron chi connectivity index (χ0n) is 11.7. The number of rotatable bonds is 3. The Morgan fingerprint density at radius 3 is 3.10 bits per heavy atom. The minimum atomic E-state index is -0.0451. The van der Waals surface area contributed by atoms with Crippen LogP contribution >= 0.6 is 0 Å². The lowest BCUT2D eigenvalue weighted by molar-refractivity contribution is 0.104. The molecule has 2 aromatic heterocycles. The molecule has 2 atom stereocenters. The largest absolute Gasteiger partial charge is 0.371 e. The molecule has 0 aliphatic carbocycles. The third-order valence-electron chi connectivity index (χ3n) is 3.70. The molecule has 3 rings (SSSR count). The number of nitrogens with zero attached hydrogens (tertiary/aromatic N) is 5. The Morgan fingerprint density at radius 1 is 1.43 bits per heavy atom. The van der Waals surface area contributed by atoms with E-state index < -0.39 is 0 Å². The summed E-state index contributed by atoms with van der Waals surface area (Å²) in [5.74, 6) is 0.679. The van der Waals surface area contributed by atoms with E-state index in [9.17, 15) is 0 Å². The zero-order valence-corrected chi connectivity index (χ0v) is 11.7. The van der Waals surface area contributed by atoms with Crippen molar-refractivity contribution in [3.63, 3.8) is 0 Å². The van der Waals surface area contributed by atoms with Crippen LogP contribution in [0, 0.1) is 11.3 Å². The number of nitriles is 1. The molecule has 3 heterocycles. The van der Waals surface area contributed by atoms with Crippen LogP contribution < -0.4 is 4.90 Å². The van der Waals surface area contributed by atoms with E-state index in [1.54, 1.807) is 12.3 Å². The predicted octanol–water partition coefficient (Wildman–Crippen LogP) is 1.71. The normalized spacial score (nSPS) is 21.0. The Kier molecular flexibility index (Phi) is 3.75. The van der Waals surface area contributed by atoms with Gasteiger partial charge in [-0.25, -0.2) is 0 Å². The van der Waals surface area contributed by atoms with E-state index in [-0.39, 0.29) is 12.1 Å². The van der Waals surface area contributed by atoms with Gasteiger partial charge in [-0.2, -0.15) is 10.4 Å². The molecule has 1 aliphatic heterocycles. The number of aromatic nitrogens is 3. The van der Waals surface area contributed by atoms with Crippen molar-refractivity contribution in [3.05, 3.63) is 47.9 Å². The summed E-state index contributed by atoms with van der Waals surface area (Å²) < 4.78 is 5.86. The standard InChI is InChI=1S/C15H15N5O/c1-20(14-7-11(8-16)9-18-19-14)13-4-6-21-15(13)12-3-2-5-17-10-12/h2-3,5,7,9-10,13,15H,4,6H2,1H3/t13-,15+/m0/s1. The van der Waals surface area contributed by atoms with Crippen LogP contribution in [-0.2, 0) is 4.74 Å². The minimum absolute atomic E-state index is 0.0451. The molecule has 2 aromatic rings. The van der Waals surface area contributed by atoms with Gasteiger partial charge < -0.3 is 9.64 Å². The molecule has 106 valence electrons. The highest BCUT2D eigenvalue weighted by atomic mass is 16.5. The zero-order chi connectivity index (χ0) is 14.7. The summed E-state index contributed by atoms with van der Waals surface area (Å²) in [5, 5.41) is 17.0. The van der Waals surface area contributed by atoms with Gasteiger partial charge >= 0.3 is 0 Å². The lowest BCUT2D eigenvalue weighted by atomic mass is 10.0. The number of anilines is 1. The van der Waals surface area contributed by atoms with Gasteiger partial charge in [0.15, 0.2) is 5.82 Å². The molecule has 0 spiro atoms. The summed E-state index contributed by atoms with van der Waals surface area (Å²) in [6.07, 6.45) is 5.89. The fourth-order valence-electron chi connectivity index (χ4n) is 2.60. The maximum atomic E-state index is 8.97. The smallest absolute Gasteiger partial charge is 0.152 e. The summed E-state index contributed by atoms with van der Waals surface area (Å²) >= 11 is 0. The molecule has 1 aliphatic rings. The van der Waals surface area contributed by atoms with Crippen LogP contribution in [0.5, 0.6) is 0 Å². The molecule has 6 heteroatoms. The third kappa shape index (κ3) is 2.69. The Bertz CT molecular complexity index is 655. The van der Waals surface area contributed by atoms with E-state index in [0.29, 0.717) is 18.0 Å². The first-order chi connectivity index (χ1) is 10.3. The van der Waals surface area contributed by atoms with Crippen molar-refractivity contribution in [1.82, 2.24) is 15.2 Å². The number of ether oxygens (including phenoxy) is 1. The average molecular weight is 281 g/mol. The van der Waals surface area contributed by atoms with Crippen molar-refractivity contribution in [1.29, 1.82) is 5.26 Å². The summed E-state index contributed by atoms with van der Waals surface area (Å²) in [7, 11) is 1.95. The number of hydrogen-bond acceptors (Lipinski definition) is 6. The lowest BCUT2D eigenvalue weighted by Crippen LogP contribution is -2.34. The van der Waals surface area contributed by atoms with E-state index in [2.05, 4.69) is 21.3 Å². The van der Waals surface area contributed by atoms with Crippen molar-refractivity contribution in [2.75, 3.05) is 18.6 Å². The first-order valence-electron chi connectivity index (χ1n) is 6.77. The summed E-state index contributed by atoms with van der Waals surface area (Å²) in [4.78, 5) is 6.18. The highest BCUT2D eigenvalue weighted by Crippen LogP contribution is 2.33. The van der Waals surface area contributed by atoms with Crippen LogP contribution in [0.3, 0.4) is 0 Å². The van der Waals surface area contributed by atoms with E-state index in [1.807, 2.05) is 30.3 Å². The van der Waals surface area contributed by atoms with Gasteiger partial charge in [0.2, 0.25) is 0 Å². The Labute approximate surface area is 123 Å². The summed E-state index contributed by atoms with van der Waals surface area (Å²) in [5.41, 5.74) is 1.56. The Morgan fingerprint density at radius 2 is 2.33 bits per heavy atom. The van der Waals surface area contributed by atoms with Crippen molar-refractivity contribution in [3.8, 4) is 6.07 Å². The van der Waals surface area contributed by atoms with Crippen LogP contribution in [0.25, 0.3) is 0 Å². The highest BCUT2D eigenvalue weighted by molar-refractivity contribution is 5.44. The minimum Gasteiger partial charge on any atom is -0.371 e. The maximum Gasteiger partial charge on any atom is 0.152 e. The van der Waals surface area contributed by atoms with Gasteiger partial charge in [-0.15, -0.1) is 5.10 Å². The molecule has 0 N–H and O–H groups in total. The molecule has 1 fully saturated rings. The van der Waals surface area contributed by atoms with Crippen LogP contribution in [0.2, 0.25) is 0 Å². The molecule has 0 radical (unpaired) electrons. The first kappa shape index (κ1) is 13.5. The van der Waals surface area contributed by atoms with Crippen molar-refractivity contribution >= 4 is 5.82 Å². The SMILES string of the molecule is CN(c1cc(C#N)cnn1)[C@H]1CCO[C@@H]1c1cccnc1. The number of likely N-dealkylation sites (N-methyl/N-ethyl adjacent to an activating group) is 1. The van der Waals surface area contributed by atoms with E-state index in [0.717, 1.165) is 12.0 Å². The quantitative estimate of drug-likeness (QED) is 0.852. The Balaban J connectivity index is 1.86. The molecule has 0 saturated carbocycles. The fourth-order valence-corrected chi connectivity index (χ4v) is 2.60. The second-order valence-corrected chi connectivity index (χ2v) is 4.96. The third-order valence-corrected chi connectivity index (χ3v) is 3.70.